The van der Waals surface area contributed by atoms with Crippen molar-refractivity contribution in [1.82, 2.24) is 10.3 Å². The summed E-state index contributed by atoms with van der Waals surface area (Å²) in [6, 6.07) is 9.41. The lowest BCUT2D eigenvalue weighted by molar-refractivity contribution is -0.124. The fourth-order valence-corrected chi connectivity index (χ4v) is 2.29. The maximum atomic E-state index is 12.3. The second-order valence-electron chi connectivity index (χ2n) is 7.11. The predicted molar refractivity (Wildman–Crippen MR) is 95.3 cm³/mol. The Balaban J connectivity index is 2.27. The van der Waals surface area contributed by atoms with E-state index in [1.165, 1.54) is 0 Å². The van der Waals surface area contributed by atoms with Gasteiger partial charge in [-0.1, -0.05) is 39.0 Å². The van der Waals surface area contributed by atoms with Crippen molar-refractivity contribution in [2.45, 2.75) is 33.4 Å². The van der Waals surface area contributed by atoms with Gasteiger partial charge in [-0.05, 0) is 23.1 Å². The molecule has 0 aliphatic carbocycles. The molecule has 0 saturated heterocycles. The van der Waals surface area contributed by atoms with Gasteiger partial charge in [0, 0.05) is 26.0 Å². The Morgan fingerprint density at radius 3 is 2.57 bits per heavy atom. The summed E-state index contributed by atoms with van der Waals surface area (Å²) in [5.41, 5.74) is 7.71. The van der Waals surface area contributed by atoms with E-state index < -0.39 is 6.04 Å². The van der Waals surface area contributed by atoms with Crippen molar-refractivity contribution in [2.75, 3.05) is 19.0 Å². The van der Waals surface area contributed by atoms with Gasteiger partial charge in [-0.3, -0.25) is 4.79 Å². The van der Waals surface area contributed by atoms with Gasteiger partial charge < -0.3 is 16.0 Å². The van der Waals surface area contributed by atoms with Crippen molar-refractivity contribution in [3.8, 4) is 0 Å². The van der Waals surface area contributed by atoms with Crippen molar-refractivity contribution in [3.05, 3.63) is 35.9 Å². The number of anilines is 1. The lowest BCUT2D eigenvalue weighted by atomic mass is 9.87. The first kappa shape index (κ1) is 17.2. The zero-order valence-corrected chi connectivity index (χ0v) is 14.6. The topological polar surface area (TPSA) is 71.2 Å². The molecule has 124 valence electrons. The van der Waals surface area contributed by atoms with Crippen LogP contribution in [0.2, 0.25) is 0 Å². The monoisotopic (exact) mass is 314 g/mol. The number of para-hydroxylation sites is 1. The zero-order valence-electron chi connectivity index (χ0n) is 14.6. The van der Waals surface area contributed by atoms with Crippen LogP contribution in [0.4, 0.5) is 5.82 Å². The molecule has 0 aliphatic rings. The van der Waals surface area contributed by atoms with Gasteiger partial charge in [0.05, 0.1) is 11.6 Å². The first-order valence-corrected chi connectivity index (χ1v) is 7.79. The van der Waals surface area contributed by atoms with Crippen molar-refractivity contribution in [1.29, 1.82) is 0 Å². The Morgan fingerprint density at radius 1 is 1.30 bits per heavy atom. The number of pyridine rings is 1. The summed E-state index contributed by atoms with van der Waals surface area (Å²) in [4.78, 5) is 18.8. The average molecular weight is 314 g/mol. The molecule has 0 bridgehead atoms. The van der Waals surface area contributed by atoms with Gasteiger partial charge in [0.1, 0.15) is 5.82 Å². The van der Waals surface area contributed by atoms with E-state index >= 15 is 0 Å². The summed E-state index contributed by atoms with van der Waals surface area (Å²) in [5.74, 6) is 0.734. The molecular formula is C18H26N4O. The van der Waals surface area contributed by atoms with E-state index in [4.69, 9.17) is 5.73 Å². The normalized spacial score (nSPS) is 13.0. The summed E-state index contributed by atoms with van der Waals surface area (Å²) in [6.45, 7) is 6.32. The third kappa shape index (κ3) is 3.99. The van der Waals surface area contributed by atoms with E-state index in [9.17, 15) is 4.79 Å². The fraction of sp³-hybridized carbons (Fsp3) is 0.444. The molecule has 0 fully saturated rings. The average Bonchev–Trinajstić information content (AvgIpc) is 2.50. The number of nitrogens with one attached hydrogen (secondary N) is 1. The van der Waals surface area contributed by atoms with Crippen molar-refractivity contribution in [2.24, 2.45) is 11.1 Å². The molecule has 0 aliphatic heterocycles. The Bertz CT molecular complexity index is 704. The van der Waals surface area contributed by atoms with Crippen LogP contribution in [0.15, 0.2) is 30.3 Å². The smallest absolute Gasteiger partial charge is 0.237 e. The Kier molecular flexibility index (Phi) is 4.90. The SMILES string of the molecule is CN(C)c1cc(CNC(=O)[C@@H](N)C(C)(C)C)c2ccccc2n1. The van der Waals surface area contributed by atoms with Crippen molar-refractivity contribution >= 4 is 22.6 Å². The molecule has 0 radical (unpaired) electrons. The number of nitrogens with zero attached hydrogens (tertiary/aromatic N) is 2. The first-order chi connectivity index (χ1) is 10.7. The highest BCUT2D eigenvalue weighted by atomic mass is 16.2. The van der Waals surface area contributed by atoms with E-state index in [0.717, 1.165) is 22.3 Å². The number of aromatic nitrogens is 1. The standard InChI is InChI=1S/C18H26N4O/c1-18(2,3)16(19)17(23)20-11-12-10-15(22(4)5)21-14-9-7-6-8-13(12)14/h6-10,16H,11,19H2,1-5H3,(H,20,23)/t16-/m1/s1. The number of carbonyl (C=O) groups excluding carboxylic acids is 1. The van der Waals surface area contributed by atoms with Crippen molar-refractivity contribution in [3.63, 3.8) is 0 Å². The number of rotatable bonds is 4. The molecule has 3 N–H and O–H groups in total. The van der Waals surface area contributed by atoms with Gasteiger partial charge in [-0.2, -0.15) is 0 Å². The predicted octanol–water partition coefficient (Wildman–Crippen LogP) is 2.29. The summed E-state index contributed by atoms with van der Waals surface area (Å²) < 4.78 is 0. The number of benzene rings is 1. The highest BCUT2D eigenvalue weighted by Gasteiger charge is 2.27. The molecular weight excluding hydrogens is 288 g/mol. The molecule has 2 rings (SSSR count). The molecule has 1 amide bonds. The number of amides is 1. The minimum Gasteiger partial charge on any atom is -0.363 e. The summed E-state index contributed by atoms with van der Waals surface area (Å²) in [6.07, 6.45) is 0. The summed E-state index contributed by atoms with van der Waals surface area (Å²) in [7, 11) is 3.91. The van der Waals surface area contributed by atoms with Crippen LogP contribution in [0.25, 0.3) is 10.9 Å². The third-order valence-corrected chi connectivity index (χ3v) is 3.92. The zero-order chi connectivity index (χ0) is 17.2. The first-order valence-electron chi connectivity index (χ1n) is 7.79. The Hall–Kier alpha value is -2.14. The van der Waals surface area contributed by atoms with E-state index in [1.807, 2.05) is 70.1 Å². The minimum atomic E-state index is -0.538. The molecule has 5 heteroatoms. The largest absolute Gasteiger partial charge is 0.363 e. The molecule has 2 aromatic rings. The second kappa shape index (κ2) is 6.54. The number of hydrogen-bond acceptors (Lipinski definition) is 4. The van der Waals surface area contributed by atoms with Crippen LogP contribution in [0.3, 0.4) is 0 Å². The molecule has 1 aromatic heterocycles. The van der Waals surface area contributed by atoms with Crippen LogP contribution in [0.5, 0.6) is 0 Å². The van der Waals surface area contributed by atoms with Gasteiger partial charge in [0.25, 0.3) is 0 Å². The van der Waals surface area contributed by atoms with Crippen LogP contribution in [0, 0.1) is 5.41 Å². The van der Waals surface area contributed by atoms with Crippen LogP contribution in [-0.4, -0.2) is 31.0 Å². The molecule has 23 heavy (non-hydrogen) atoms. The van der Waals surface area contributed by atoms with E-state index in [1.54, 1.807) is 0 Å². The highest BCUT2D eigenvalue weighted by molar-refractivity contribution is 5.86. The van der Waals surface area contributed by atoms with Crippen molar-refractivity contribution < 1.29 is 4.79 Å². The van der Waals surface area contributed by atoms with Crippen LogP contribution in [-0.2, 0) is 11.3 Å². The van der Waals surface area contributed by atoms with Crippen LogP contribution >= 0.6 is 0 Å². The number of hydrogen-bond donors (Lipinski definition) is 2. The minimum absolute atomic E-state index is 0.134. The second-order valence-corrected chi connectivity index (χ2v) is 7.11. The molecule has 0 spiro atoms. The quantitative estimate of drug-likeness (QED) is 0.908. The number of carbonyl (C=O) groups is 1. The van der Waals surface area contributed by atoms with Gasteiger partial charge >= 0.3 is 0 Å². The lowest BCUT2D eigenvalue weighted by Crippen LogP contribution is -2.48. The van der Waals surface area contributed by atoms with Gasteiger partial charge in [0.2, 0.25) is 5.91 Å². The maximum Gasteiger partial charge on any atom is 0.237 e. The Labute approximate surface area is 137 Å². The summed E-state index contributed by atoms with van der Waals surface area (Å²) in [5, 5.41) is 4.00. The molecule has 0 unspecified atom stereocenters. The van der Waals surface area contributed by atoms with Crippen LogP contribution in [0.1, 0.15) is 26.3 Å². The maximum absolute atomic E-state index is 12.3. The molecule has 5 nitrogen and oxygen atoms in total. The fourth-order valence-electron chi connectivity index (χ4n) is 2.29. The summed E-state index contributed by atoms with van der Waals surface area (Å²) >= 11 is 0. The highest BCUT2D eigenvalue weighted by Crippen LogP contribution is 2.22. The molecule has 1 aromatic carbocycles. The molecule has 0 saturated carbocycles. The van der Waals surface area contributed by atoms with E-state index in [0.29, 0.717) is 6.54 Å². The van der Waals surface area contributed by atoms with E-state index in [-0.39, 0.29) is 11.3 Å². The van der Waals surface area contributed by atoms with Gasteiger partial charge in [-0.25, -0.2) is 4.98 Å². The molecule has 1 atom stereocenters. The molecule has 1 heterocycles. The number of fused-ring (bicyclic) bond motifs is 1. The van der Waals surface area contributed by atoms with E-state index in [2.05, 4.69) is 10.3 Å². The lowest BCUT2D eigenvalue weighted by Gasteiger charge is -2.26. The van der Waals surface area contributed by atoms with Crippen LogP contribution < -0.4 is 16.0 Å². The third-order valence-electron chi connectivity index (χ3n) is 3.92. The Morgan fingerprint density at radius 2 is 1.96 bits per heavy atom. The van der Waals surface area contributed by atoms with Gasteiger partial charge in [0.15, 0.2) is 0 Å². The number of nitrogens with two attached hydrogens (primary N) is 1. The van der Waals surface area contributed by atoms with Gasteiger partial charge in [-0.15, -0.1) is 0 Å².